The van der Waals surface area contributed by atoms with E-state index in [1.54, 1.807) is 6.07 Å². The smallest absolute Gasteiger partial charge is 0.169 e. The van der Waals surface area contributed by atoms with Gasteiger partial charge in [0, 0.05) is 23.1 Å². The number of aromatic nitrogens is 4. The van der Waals surface area contributed by atoms with Gasteiger partial charge >= 0.3 is 0 Å². The fourth-order valence-corrected chi connectivity index (χ4v) is 4.37. The average Bonchev–Trinajstić information content (AvgIpc) is 3.12. The molecule has 1 aromatic carbocycles. The first kappa shape index (κ1) is 23.2. The predicted molar refractivity (Wildman–Crippen MR) is 122 cm³/mol. The summed E-state index contributed by atoms with van der Waals surface area (Å²) >= 11 is 12.4. The molecule has 0 radical (unpaired) electrons. The summed E-state index contributed by atoms with van der Waals surface area (Å²) in [6.45, 7) is 14.2. The Morgan fingerprint density at radius 3 is 2.43 bits per heavy atom. The van der Waals surface area contributed by atoms with Crippen LogP contribution in [0.25, 0.3) is 6.08 Å². The van der Waals surface area contributed by atoms with Crippen LogP contribution in [0.15, 0.2) is 24.3 Å². The van der Waals surface area contributed by atoms with Crippen molar-refractivity contribution in [2.75, 3.05) is 26.3 Å². The van der Waals surface area contributed by atoms with Gasteiger partial charge in [-0.05, 0) is 39.5 Å². The summed E-state index contributed by atoms with van der Waals surface area (Å²) in [6.07, 6.45) is 4.16. The molecular weight excluding hydrogens is 421 g/mol. The first-order chi connectivity index (χ1) is 14.2. The van der Waals surface area contributed by atoms with Gasteiger partial charge in [0.05, 0.1) is 25.3 Å². The summed E-state index contributed by atoms with van der Waals surface area (Å²) in [4.78, 5) is 2.43. The summed E-state index contributed by atoms with van der Waals surface area (Å²) < 4.78 is 7.53. The molecule has 1 aliphatic rings. The molecule has 8 heteroatoms. The number of allylic oxidation sites excluding steroid dienone is 1. The number of halogens is 2. The average molecular weight is 452 g/mol. The van der Waals surface area contributed by atoms with Crippen molar-refractivity contribution in [3.8, 4) is 0 Å². The van der Waals surface area contributed by atoms with Gasteiger partial charge in [0.1, 0.15) is 0 Å². The molecule has 1 aromatic heterocycles. The highest BCUT2D eigenvalue weighted by Gasteiger charge is 2.34. The maximum absolute atomic E-state index is 6.38. The minimum Gasteiger partial charge on any atom is -0.379 e. The summed E-state index contributed by atoms with van der Waals surface area (Å²) in [7, 11) is 0. The van der Waals surface area contributed by atoms with E-state index in [9.17, 15) is 0 Å². The molecule has 2 atom stereocenters. The van der Waals surface area contributed by atoms with Crippen molar-refractivity contribution in [2.24, 2.45) is 11.3 Å². The van der Waals surface area contributed by atoms with Crippen LogP contribution >= 0.6 is 23.2 Å². The van der Waals surface area contributed by atoms with Crippen LogP contribution in [0.2, 0.25) is 10.0 Å². The Morgan fingerprint density at radius 2 is 1.83 bits per heavy atom. The van der Waals surface area contributed by atoms with Crippen LogP contribution in [0.1, 0.15) is 58.1 Å². The van der Waals surface area contributed by atoms with E-state index in [1.165, 1.54) is 0 Å². The fraction of sp³-hybridized carbons (Fsp3) is 0.591. The number of hydrogen-bond donors (Lipinski definition) is 0. The van der Waals surface area contributed by atoms with E-state index in [0.29, 0.717) is 16.0 Å². The SMILES string of the molecule is CC(C)[C@H](c1nnnn1[C@@H](/C=C\c1ccc(Cl)cc1Cl)C(C)(C)C)N1CCOCC1. The zero-order valence-corrected chi connectivity index (χ0v) is 19.9. The van der Waals surface area contributed by atoms with Crippen molar-refractivity contribution in [3.63, 3.8) is 0 Å². The van der Waals surface area contributed by atoms with Crippen LogP contribution in [-0.2, 0) is 4.74 Å². The molecule has 0 saturated carbocycles. The van der Waals surface area contributed by atoms with Gasteiger partial charge in [0.15, 0.2) is 5.82 Å². The minimum atomic E-state index is -0.105. The second kappa shape index (κ2) is 9.77. The topological polar surface area (TPSA) is 56.1 Å². The number of nitrogens with zero attached hydrogens (tertiary/aromatic N) is 5. The van der Waals surface area contributed by atoms with Crippen molar-refractivity contribution in [1.29, 1.82) is 0 Å². The van der Waals surface area contributed by atoms with Gasteiger partial charge in [0.2, 0.25) is 0 Å². The Bertz CT molecular complexity index is 869. The lowest BCUT2D eigenvalue weighted by atomic mass is 9.85. The van der Waals surface area contributed by atoms with Gasteiger partial charge in [-0.1, -0.05) is 76.0 Å². The van der Waals surface area contributed by atoms with E-state index in [1.807, 2.05) is 22.9 Å². The maximum atomic E-state index is 6.38. The largest absolute Gasteiger partial charge is 0.379 e. The number of tetrazole rings is 1. The zero-order chi connectivity index (χ0) is 21.9. The number of morpholine rings is 1. The first-order valence-corrected chi connectivity index (χ1v) is 11.2. The third-order valence-corrected chi connectivity index (χ3v) is 5.99. The van der Waals surface area contributed by atoms with Crippen molar-refractivity contribution in [2.45, 2.75) is 46.7 Å². The van der Waals surface area contributed by atoms with E-state index in [2.05, 4.69) is 61.1 Å². The number of benzene rings is 1. The molecule has 2 heterocycles. The second-order valence-corrected chi connectivity index (χ2v) is 10.00. The number of rotatable bonds is 6. The van der Waals surface area contributed by atoms with E-state index < -0.39 is 0 Å². The zero-order valence-electron chi connectivity index (χ0n) is 18.3. The monoisotopic (exact) mass is 451 g/mol. The molecule has 0 bridgehead atoms. The van der Waals surface area contributed by atoms with Crippen molar-refractivity contribution in [1.82, 2.24) is 25.1 Å². The molecule has 0 amide bonds. The highest BCUT2D eigenvalue weighted by molar-refractivity contribution is 6.35. The van der Waals surface area contributed by atoms with Gasteiger partial charge in [-0.3, -0.25) is 4.90 Å². The second-order valence-electron chi connectivity index (χ2n) is 9.15. The first-order valence-electron chi connectivity index (χ1n) is 10.4. The Hall–Kier alpha value is -1.47. The van der Waals surface area contributed by atoms with E-state index in [4.69, 9.17) is 27.9 Å². The number of ether oxygens (including phenoxy) is 1. The molecule has 0 N–H and O–H groups in total. The molecule has 164 valence electrons. The molecule has 0 spiro atoms. The normalized spacial score (nSPS) is 18.3. The van der Waals surface area contributed by atoms with E-state index >= 15 is 0 Å². The lowest BCUT2D eigenvalue weighted by molar-refractivity contribution is 0.00148. The summed E-state index contributed by atoms with van der Waals surface area (Å²) in [5, 5.41) is 14.2. The Balaban J connectivity index is 1.98. The van der Waals surface area contributed by atoms with Crippen molar-refractivity contribution >= 4 is 29.3 Å². The van der Waals surface area contributed by atoms with Gasteiger partial charge in [-0.2, -0.15) is 0 Å². The summed E-state index contributed by atoms with van der Waals surface area (Å²) in [5.74, 6) is 1.25. The van der Waals surface area contributed by atoms with Crippen LogP contribution < -0.4 is 0 Å². The Kier molecular flexibility index (Phi) is 7.56. The van der Waals surface area contributed by atoms with Crippen LogP contribution in [0, 0.1) is 11.3 Å². The van der Waals surface area contributed by atoms with Gasteiger partial charge in [0.25, 0.3) is 0 Å². The third kappa shape index (κ3) is 5.41. The lowest BCUT2D eigenvalue weighted by Gasteiger charge is -2.37. The quantitative estimate of drug-likeness (QED) is 0.595. The molecule has 6 nitrogen and oxygen atoms in total. The third-order valence-electron chi connectivity index (χ3n) is 5.42. The molecule has 0 unspecified atom stereocenters. The Morgan fingerprint density at radius 1 is 1.13 bits per heavy atom. The molecular formula is C22H31Cl2N5O. The summed E-state index contributed by atoms with van der Waals surface area (Å²) in [6, 6.07) is 5.60. The molecule has 30 heavy (non-hydrogen) atoms. The highest BCUT2D eigenvalue weighted by atomic mass is 35.5. The molecule has 1 aliphatic heterocycles. The van der Waals surface area contributed by atoms with Gasteiger partial charge in [-0.25, -0.2) is 4.68 Å². The molecule has 3 rings (SSSR count). The molecule has 2 aromatic rings. The van der Waals surface area contributed by atoms with Gasteiger partial charge in [-0.15, -0.1) is 5.10 Å². The predicted octanol–water partition coefficient (Wildman–Crippen LogP) is 5.31. The van der Waals surface area contributed by atoms with E-state index in [0.717, 1.165) is 37.7 Å². The Labute approximate surface area is 189 Å². The standard InChI is InChI=1S/C22H31Cl2N5O/c1-15(2)20(28-10-12-30-13-11-28)21-25-26-27-29(21)19(22(3,4)5)9-7-16-6-8-17(23)14-18(16)24/h6-9,14-15,19-20H,10-13H2,1-5H3/b9-7-/t19-,20+/m0/s1. The van der Waals surface area contributed by atoms with Crippen molar-refractivity contribution < 1.29 is 4.74 Å². The highest BCUT2D eigenvalue weighted by Crippen LogP contribution is 2.36. The fourth-order valence-electron chi connectivity index (χ4n) is 3.90. The van der Waals surface area contributed by atoms with Gasteiger partial charge < -0.3 is 4.74 Å². The molecule has 1 fully saturated rings. The lowest BCUT2D eigenvalue weighted by Crippen LogP contribution is -2.42. The maximum Gasteiger partial charge on any atom is 0.169 e. The van der Waals surface area contributed by atoms with Crippen LogP contribution in [-0.4, -0.2) is 51.4 Å². The van der Waals surface area contributed by atoms with Crippen molar-refractivity contribution in [3.05, 3.63) is 45.7 Å². The number of hydrogen-bond acceptors (Lipinski definition) is 5. The minimum absolute atomic E-state index is 0.0449. The van der Waals surface area contributed by atoms with Crippen LogP contribution in [0.5, 0.6) is 0 Å². The summed E-state index contributed by atoms with van der Waals surface area (Å²) in [5.41, 5.74) is 0.810. The molecule has 1 saturated heterocycles. The van der Waals surface area contributed by atoms with Crippen LogP contribution in [0.3, 0.4) is 0 Å². The molecule has 0 aliphatic carbocycles. The van der Waals surface area contributed by atoms with E-state index in [-0.39, 0.29) is 17.5 Å². The van der Waals surface area contributed by atoms with Crippen LogP contribution in [0.4, 0.5) is 0 Å².